The van der Waals surface area contributed by atoms with Gasteiger partial charge in [-0.05, 0) is 55.3 Å². The lowest BCUT2D eigenvalue weighted by molar-refractivity contribution is 0.0956. The molecule has 0 N–H and O–H groups in total. The van der Waals surface area contributed by atoms with Gasteiger partial charge in [-0.2, -0.15) is 0 Å². The van der Waals surface area contributed by atoms with E-state index in [4.69, 9.17) is 0 Å². The Morgan fingerprint density at radius 2 is 1.59 bits per heavy atom. The summed E-state index contributed by atoms with van der Waals surface area (Å²) in [6.07, 6.45) is 22.5. The van der Waals surface area contributed by atoms with Gasteiger partial charge in [0.25, 0.3) is 0 Å². The van der Waals surface area contributed by atoms with Crippen molar-refractivity contribution in [1.82, 2.24) is 0 Å². The van der Waals surface area contributed by atoms with Crippen LogP contribution >= 0.6 is 0 Å². The van der Waals surface area contributed by atoms with E-state index >= 15 is 0 Å². The summed E-state index contributed by atoms with van der Waals surface area (Å²) in [5.74, 6) is 4.96. The van der Waals surface area contributed by atoms with Crippen LogP contribution in [0.5, 0.6) is 0 Å². The van der Waals surface area contributed by atoms with Gasteiger partial charge in [0.1, 0.15) is 0 Å². The molecule has 0 bridgehead atoms. The van der Waals surface area contributed by atoms with Crippen molar-refractivity contribution in [2.24, 2.45) is 29.6 Å². The zero-order chi connectivity index (χ0) is 15.8. The summed E-state index contributed by atoms with van der Waals surface area (Å²) >= 11 is 0. The van der Waals surface area contributed by atoms with E-state index in [0.29, 0.717) is 0 Å². The molecule has 2 rings (SSSR count). The third-order valence-corrected chi connectivity index (χ3v) is 6.74. The van der Waals surface area contributed by atoms with Gasteiger partial charge in [-0.25, -0.2) is 0 Å². The van der Waals surface area contributed by atoms with Crippen molar-refractivity contribution in [2.45, 2.75) is 97.8 Å². The number of allylic oxidation sites excluding steroid dienone is 2. The molecule has 5 atom stereocenters. The smallest absolute Gasteiger partial charge is 0.0202 e. The van der Waals surface area contributed by atoms with Gasteiger partial charge in [0.15, 0.2) is 0 Å². The molecular weight excluding hydrogens is 264 g/mol. The van der Waals surface area contributed by atoms with Gasteiger partial charge < -0.3 is 0 Å². The fourth-order valence-electron chi connectivity index (χ4n) is 5.35. The fourth-order valence-corrected chi connectivity index (χ4v) is 5.35. The van der Waals surface area contributed by atoms with E-state index in [1.54, 1.807) is 0 Å². The topological polar surface area (TPSA) is 0 Å². The first-order valence-electron chi connectivity index (χ1n) is 10.4. The minimum Gasteiger partial charge on any atom is -0.0882 e. The molecule has 4 unspecified atom stereocenters. The van der Waals surface area contributed by atoms with Crippen molar-refractivity contribution in [2.75, 3.05) is 0 Å². The van der Waals surface area contributed by atoms with Gasteiger partial charge in [0, 0.05) is 0 Å². The normalized spacial score (nSPS) is 36.2. The largest absolute Gasteiger partial charge is 0.0882 e. The van der Waals surface area contributed by atoms with Crippen LogP contribution in [0.3, 0.4) is 0 Å². The van der Waals surface area contributed by atoms with E-state index in [9.17, 15) is 0 Å². The minimum atomic E-state index is 0.911. The Morgan fingerprint density at radius 3 is 2.36 bits per heavy atom. The molecule has 0 amide bonds. The monoisotopic (exact) mass is 304 g/mol. The Hall–Kier alpha value is -0.260. The molecular formula is C22H40. The second kappa shape index (κ2) is 9.78. The molecule has 128 valence electrons. The Labute approximate surface area is 140 Å². The number of unbranched alkanes of at least 4 members (excludes halogenated alkanes) is 3. The van der Waals surface area contributed by atoms with Crippen molar-refractivity contribution in [3.63, 3.8) is 0 Å². The van der Waals surface area contributed by atoms with Gasteiger partial charge in [-0.15, -0.1) is 0 Å². The van der Waals surface area contributed by atoms with Gasteiger partial charge in [-0.1, -0.05) is 84.3 Å². The first kappa shape index (κ1) is 18.1. The van der Waals surface area contributed by atoms with Crippen molar-refractivity contribution in [3.05, 3.63) is 12.2 Å². The summed E-state index contributed by atoms with van der Waals surface area (Å²) in [4.78, 5) is 0. The highest BCUT2D eigenvalue weighted by atomic mass is 14.4. The maximum absolute atomic E-state index is 2.62. The maximum atomic E-state index is 2.62. The second-order valence-corrected chi connectivity index (χ2v) is 8.19. The van der Waals surface area contributed by atoms with E-state index in [2.05, 4.69) is 32.9 Å². The lowest BCUT2D eigenvalue weighted by Gasteiger charge is -2.41. The van der Waals surface area contributed by atoms with Crippen LogP contribution in [-0.2, 0) is 0 Å². The Balaban J connectivity index is 1.91. The summed E-state index contributed by atoms with van der Waals surface area (Å²) in [5.41, 5.74) is 0. The van der Waals surface area contributed by atoms with Crippen molar-refractivity contribution in [1.29, 1.82) is 0 Å². The molecule has 0 nitrogen and oxygen atoms in total. The average Bonchev–Trinajstić information content (AvgIpc) is 2.99. The van der Waals surface area contributed by atoms with E-state index in [1.807, 2.05) is 0 Å². The molecule has 0 spiro atoms. The van der Waals surface area contributed by atoms with Crippen LogP contribution in [0.25, 0.3) is 0 Å². The van der Waals surface area contributed by atoms with Crippen LogP contribution in [0, 0.1) is 29.6 Å². The fraction of sp³-hybridized carbons (Fsp3) is 0.909. The standard InChI is InChI=1S/C22H40/c1-4-6-8-9-13-20-15-11-17-22(20)21-16-10-14-19(18(21)3)12-7-5-2/h9,13,18-22H,4-8,10-12,14-17H2,1-3H3/b13-9+/t18?,19?,20?,21?,22-/m0/s1. The first-order chi connectivity index (χ1) is 10.8. The lowest BCUT2D eigenvalue weighted by atomic mass is 9.64. The van der Waals surface area contributed by atoms with Crippen molar-refractivity contribution >= 4 is 0 Å². The molecule has 22 heavy (non-hydrogen) atoms. The molecule has 0 radical (unpaired) electrons. The molecule has 2 fully saturated rings. The molecule has 0 aromatic carbocycles. The zero-order valence-corrected chi connectivity index (χ0v) is 15.5. The zero-order valence-electron chi connectivity index (χ0n) is 15.5. The predicted molar refractivity (Wildman–Crippen MR) is 99.0 cm³/mol. The SMILES string of the molecule is CCCC/C=C/C1CCC[C@@H]1C1CCCC(CCCC)C1C. The highest BCUT2D eigenvalue weighted by Gasteiger charge is 2.39. The molecule has 0 heteroatoms. The van der Waals surface area contributed by atoms with Crippen LogP contribution < -0.4 is 0 Å². The lowest BCUT2D eigenvalue weighted by Crippen LogP contribution is -2.32. The molecule has 2 saturated carbocycles. The summed E-state index contributed by atoms with van der Waals surface area (Å²) in [6, 6.07) is 0. The molecule has 2 aliphatic rings. The third kappa shape index (κ3) is 4.87. The maximum Gasteiger partial charge on any atom is -0.0202 e. The van der Waals surface area contributed by atoms with Crippen LogP contribution in [0.1, 0.15) is 97.8 Å². The predicted octanol–water partition coefficient (Wildman–Crippen LogP) is 7.39. The number of hydrogen-bond acceptors (Lipinski definition) is 0. The molecule has 0 saturated heterocycles. The summed E-state index contributed by atoms with van der Waals surface area (Å²) in [5, 5.41) is 0. The van der Waals surface area contributed by atoms with Gasteiger partial charge in [0.2, 0.25) is 0 Å². The molecule has 0 aliphatic heterocycles. The van der Waals surface area contributed by atoms with Gasteiger partial charge in [0.05, 0.1) is 0 Å². The summed E-state index contributed by atoms with van der Waals surface area (Å²) < 4.78 is 0. The molecule has 0 aromatic heterocycles. The quantitative estimate of drug-likeness (QED) is 0.324. The molecule has 2 aliphatic carbocycles. The summed E-state index contributed by atoms with van der Waals surface area (Å²) in [7, 11) is 0. The molecule has 0 heterocycles. The highest BCUT2D eigenvalue weighted by molar-refractivity contribution is 4.98. The van der Waals surface area contributed by atoms with E-state index in [0.717, 1.165) is 29.6 Å². The number of rotatable bonds is 8. The first-order valence-corrected chi connectivity index (χ1v) is 10.4. The molecule has 0 aromatic rings. The third-order valence-electron chi connectivity index (χ3n) is 6.74. The Kier molecular flexibility index (Phi) is 8.04. The average molecular weight is 305 g/mol. The van der Waals surface area contributed by atoms with Gasteiger partial charge in [-0.3, -0.25) is 0 Å². The summed E-state index contributed by atoms with van der Waals surface area (Å²) in [6.45, 7) is 7.24. The van der Waals surface area contributed by atoms with Crippen molar-refractivity contribution < 1.29 is 0 Å². The van der Waals surface area contributed by atoms with Crippen LogP contribution in [0.2, 0.25) is 0 Å². The highest BCUT2D eigenvalue weighted by Crippen LogP contribution is 2.48. The van der Waals surface area contributed by atoms with Crippen LogP contribution in [0.4, 0.5) is 0 Å². The second-order valence-electron chi connectivity index (χ2n) is 8.19. The van der Waals surface area contributed by atoms with Gasteiger partial charge >= 0.3 is 0 Å². The van der Waals surface area contributed by atoms with Crippen LogP contribution in [0.15, 0.2) is 12.2 Å². The van der Waals surface area contributed by atoms with E-state index in [1.165, 1.54) is 77.0 Å². The van der Waals surface area contributed by atoms with E-state index < -0.39 is 0 Å². The van der Waals surface area contributed by atoms with E-state index in [-0.39, 0.29) is 0 Å². The van der Waals surface area contributed by atoms with Crippen molar-refractivity contribution in [3.8, 4) is 0 Å². The number of hydrogen-bond donors (Lipinski definition) is 0. The minimum absolute atomic E-state index is 0.911. The Bertz CT molecular complexity index is 316. The Morgan fingerprint density at radius 1 is 0.864 bits per heavy atom. The van der Waals surface area contributed by atoms with Crippen LogP contribution in [-0.4, -0.2) is 0 Å².